The standard InChI is InChI=1S/C15H22N2O5/c1-11(2)10-16(7-8-21-3)15(18)12-5-6-14(22-4)13(9-12)17(19)20/h5-6,9,11H,7-8,10H2,1-4H3. The molecule has 0 aliphatic rings. The van der Waals surface area contributed by atoms with Crippen LogP contribution >= 0.6 is 0 Å². The first-order valence-electron chi connectivity index (χ1n) is 7.01. The minimum atomic E-state index is -0.558. The van der Waals surface area contributed by atoms with Gasteiger partial charge in [-0.1, -0.05) is 13.8 Å². The second-order valence-electron chi connectivity index (χ2n) is 5.28. The molecule has 0 fully saturated rings. The number of carbonyl (C=O) groups is 1. The zero-order valence-corrected chi connectivity index (χ0v) is 13.4. The van der Waals surface area contributed by atoms with E-state index in [0.717, 1.165) is 0 Å². The summed E-state index contributed by atoms with van der Waals surface area (Å²) in [5, 5.41) is 11.1. The quantitative estimate of drug-likeness (QED) is 0.544. The van der Waals surface area contributed by atoms with E-state index in [1.54, 1.807) is 12.0 Å². The fourth-order valence-corrected chi connectivity index (χ4v) is 2.07. The first-order valence-corrected chi connectivity index (χ1v) is 7.01. The first-order chi connectivity index (χ1) is 10.4. The minimum Gasteiger partial charge on any atom is -0.490 e. The highest BCUT2D eigenvalue weighted by atomic mass is 16.6. The van der Waals surface area contributed by atoms with Gasteiger partial charge in [0.15, 0.2) is 5.75 Å². The molecule has 0 heterocycles. The normalized spacial score (nSPS) is 10.6. The van der Waals surface area contributed by atoms with Crippen LogP contribution < -0.4 is 4.74 Å². The fourth-order valence-electron chi connectivity index (χ4n) is 2.07. The van der Waals surface area contributed by atoms with E-state index in [1.807, 2.05) is 13.8 Å². The van der Waals surface area contributed by atoms with Crippen molar-refractivity contribution in [3.63, 3.8) is 0 Å². The SMILES string of the molecule is COCCN(CC(C)C)C(=O)c1ccc(OC)c([N+](=O)[O-])c1. The lowest BCUT2D eigenvalue weighted by atomic mass is 10.1. The number of carbonyl (C=O) groups excluding carboxylic acids is 1. The Kier molecular flexibility index (Phi) is 6.78. The zero-order valence-electron chi connectivity index (χ0n) is 13.4. The van der Waals surface area contributed by atoms with Crippen LogP contribution in [0.3, 0.4) is 0 Å². The summed E-state index contributed by atoms with van der Waals surface area (Å²) in [6, 6.07) is 4.23. The maximum atomic E-state index is 12.6. The van der Waals surface area contributed by atoms with Crippen molar-refractivity contribution in [2.45, 2.75) is 13.8 Å². The van der Waals surface area contributed by atoms with Crippen molar-refractivity contribution in [3.8, 4) is 5.75 Å². The molecule has 0 saturated heterocycles. The van der Waals surface area contributed by atoms with Crippen LogP contribution in [0.5, 0.6) is 5.75 Å². The van der Waals surface area contributed by atoms with Crippen LogP contribution in [0, 0.1) is 16.0 Å². The van der Waals surface area contributed by atoms with Gasteiger partial charge < -0.3 is 14.4 Å². The molecule has 0 N–H and O–H groups in total. The lowest BCUT2D eigenvalue weighted by molar-refractivity contribution is -0.385. The minimum absolute atomic E-state index is 0.133. The summed E-state index contributed by atoms with van der Waals surface area (Å²) in [5.41, 5.74) is 0.0499. The van der Waals surface area contributed by atoms with Crippen LogP contribution in [0.25, 0.3) is 0 Å². The van der Waals surface area contributed by atoms with Gasteiger partial charge in [0.1, 0.15) is 0 Å². The molecule has 0 spiro atoms. The maximum absolute atomic E-state index is 12.6. The average Bonchev–Trinajstić information content (AvgIpc) is 2.49. The van der Waals surface area contributed by atoms with Gasteiger partial charge in [-0.15, -0.1) is 0 Å². The highest BCUT2D eigenvalue weighted by molar-refractivity contribution is 5.95. The summed E-state index contributed by atoms with van der Waals surface area (Å²) >= 11 is 0. The lowest BCUT2D eigenvalue weighted by Crippen LogP contribution is -2.36. The Morgan fingerprint density at radius 2 is 2.05 bits per heavy atom. The number of benzene rings is 1. The van der Waals surface area contributed by atoms with E-state index >= 15 is 0 Å². The van der Waals surface area contributed by atoms with Gasteiger partial charge >= 0.3 is 5.69 Å². The van der Waals surface area contributed by atoms with Crippen LogP contribution in [-0.2, 0) is 4.74 Å². The van der Waals surface area contributed by atoms with E-state index < -0.39 is 4.92 Å². The van der Waals surface area contributed by atoms with Crippen molar-refractivity contribution in [2.24, 2.45) is 5.92 Å². The summed E-state index contributed by atoms with van der Waals surface area (Å²) in [7, 11) is 2.92. The number of methoxy groups -OCH3 is 2. The second kappa shape index (κ2) is 8.33. The van der Waals surface area contributed by atoms with Crippen molar-refractivity contribution < 1.29 is 19.2 Å². The van der Waals surface area contributed by atoms with E-state index in [-0.39, 0.29) is 28.8 Å². The Hall–Kier alpha value is -2.15. The van der Waals surface area contributed by atoms with Crippen LogP contribution in [-0.4, -0.2) is 49.6 Å². The molecule has 0 aliphatic carbocycles. The third-order valence-corrected chi connectivity index (χ3v) is 3.06. The number of rotatable bonds is 8. The molecule has 0 bridgehead atoms. The Labute approximate surface area is 130 Å². The van der Waals surface area contributed by atoms with Crippen LogP contribution in [0.1, 0.15) is 24.2 Å². The van der Waals surface area contributed by atoms with Gasteiger partial charge in [0, 0.05) is 31.8 Å². The molecule has 22 heavy (non-hydrogen) atoms. The molecule has 1 aromatic rings. The van der Waals surface area contributed by atoms with Gasteiger partial charge in [0.25, 0.3) is 5.91 Å². The van der Waals surface area contributed by atoms with Gasteiger partial charge in [-0.3, -0.25) is 14.9 Å². The number of nitro benzene ring substituents is 1. The first kappa shape index (κ1) is 17.9. The van der Waals surface area contributed by atoms with E-state index in [1.165, 1.54) is 25.3 Å². The van der Waals surface area contributed by atoms with Crippen LogP contribution in [0.2, 0.25) is 0 Å². The monoisotopic (exact) mass is 310 g/mol. The van der Waals surface area contributed by atoms with Gasteiger partial charge in [-0.2, -0.15) is 0 Å². The Morgan fingerprint density at radius 3 is 2.55 bits per heavy atom. The Morgan fingerprint density at radius 1 is 1.36 bits per heavy atom. The predicted molar refractivity (Wildman–Crippen MR) is 82.3 cm³/mol. The molecule has 1 aromatic carbocycles. The van der Waals surface area contributed by atoms with Crippen molar-refractivity contribution >= 4 is 11.6 Å². The van der Waals surface area contributed by atoms with Gasteiger partial charge in [0.05, 0.1) is 18.6 Å². The summed E-state index contributed by atoms with van der Waals surface area (Å²) in [4.78, 5) is 24.7. The molecule has 1 amide bonds. The Bertz CT molecular complexity index is 531. The zero-order chi connectivity index (χ0) is 16.7. The summed E-state index contributed by atoms with van der Waals surface area (Å²) in [6.45, 7) is 5.42. The molecule has 7 nitrogen and oxygen atoms in total. The number of hydrogen-bond donors (Lipinski definition) is 0. The lowest BCUT2D eigenvalue weighted by Gasteiger charge is -2.24. The second-order valence-corrected chi connectivity index (χ2v) is 5.28. The van der Waals surface area contributed by atoms with E-state index in [0.29, 0.717) is 19.7 Å². The van der Waals surface area contributed by atoms with Gasteiger partial charge in [0.2, 0.25) is 0 Å². The molecule has 1 rings (SSSR count). The van der Waals surface area contributed by atoms with Crippen molar-refractivity contribution in [1.82, 2.24) is 4.90 Å². The van der Waals surface area contributed by atoms with Gasteiger partial charge in [-0.05, 0) is 18.1 Å². The molecule has 0 radical (unpaired) electrons. The van der Waals surface area contributed by atoms with Crippen LogP contribution in [0.4, 0.5) is 5.69 Å². The largest absolute Gasteiger partial charge is 0.490 e. The fraction of sp³-hybridized carbons (Fsp3) is 0.533. The number of ether oxygens (including phenoxy) is 2. The molecule has 0 unspecified atom stereocenters. The van der Waals surface area contributed by atoms with E-state index in [2.05, 4.69) is 0 Å². The topological polar surface area (TPSA) is 81.9 Å². The highest BCUT2D eigenvalue weighted by Gasteiger charge is 2.22. The number of amides is 1. The van der Waals surface area contributed by atoms with E-state index in [4.69, 9.17) is 9.47 Å². The van der Waals surface area contributed by atoms with Crippen molar-refractivity contribution in [2.75, 3.05) is 33.9 Å². The smallest absolute Gasteiger partial charge is 0.311 e. The number of hydrogen-bond acceptors (Lipinski definition) is 5. The molecule has 0 atom stereocenters. The van der Waals surface area contributed by atoms with E-state index in [9.17, 15) is 14.9 Å². The van der Waals surface area contributed by atoms with Crippen LogP contribution in [0.15, 0.2) is 18.2 Å². The molecule has 7 heteroatoms. The van der Waals surface area contributed by atoms with Gasteiger partial charge in [-0.25, -0.2) is 0 Å². The predicted octanol–water partition coefficient (Wildman–Crippen LogP) is 2.35. The summed E-state index contributed by atoms with van der Waals surface area (Å²) in [6.07, 6.45) is 0. The molecule has 0 aromatic heterocycles. The maximum Gasteiger partial charge on any atom is 0.311 e. The van der Waals surface area contributed by atoms with Crippen molar-refractivity contribution in [3.05, 3.63) is 33.9 Å². The molecular formula is C15H22N2O5. The summed E-state index contributed by atoms with van der Waals surface area (Å²) < 4.78 is 9.96. The van der Waals surface area contributed by atoms with Crippen molar-refractivity contribution in [1.29, 1.82) is 0 Å². The molecule has 0 aliphatic heterocycles. The third kappa shape index (κ3) is 4.70. The summed E-state index contributed by atoms with van der Waals surface area (Å²) in [5.74, 6) is 0.166. The Balaban J connectivity index is 3.07. The third-order valence-electron chi connectivity index (χ3n) is 3.06. The highest BCUT2D eigenvalue weighted by Crippen LogP contribution is 2.28. The number of nitrogens with zero attached hydrogens (tertiary/aromatic N) is 2. The molecule has 0 saturated carbocycles. The average molecular weight is 310 g/mol. The number of nitro groups is 1. The molecular weight excluding hydrogens is 288 g/mol. The molecule has 122 valence electrons.